The van der Waals surface area contributed by atoms with E-state index in [1.54, 1.807) is 17.0 Å². The third-order valence-electron chi connectivity index (χ3n) is 5.68. The second-order valence-corrected chi connectivity index (χ2v) is 7.59. The maximum Gasteiger partial charge on any atom is 0.229 e. The van der Waals surface area contributed by atoms with Crippen LogP contribution in [0.1, 0.15) is 18.4 Å². The van der Waals surface area contributed by atoms with Crippen molar-refractivity contribution in [1.82, 2.24) is 10.2 Å². The van der Waals surface area contributed by atoms with Crippen molar-refractivity contribution in [2.24, 2.45) is 17.6 Å². The third kappa shape index (κ3) is 2.72. The van der Waals surface area contributed by atoms with Gasteiger partial charge in [0.25, 0.3) is 0 Å². The van der Waals surface area contributed by atoms with Crippen molar-refractivity contribution in [2.75, 3.05) is 19.6 Å². The fourth-order valence-corrected chi connectivity index (χ4v) is 4.72. The van der Waals surface area contributed by atoms with Gasteiger partial charge in [0.1, 0.15) is 0 Å². The van der Waals surface area contributed by atoms with E-state index in [9.17, 15) is 9.59 Å². The summed E-state index contributed by atoms with van der Waals surface area (Å²) in [6, 6.07) is 7.35. The number of nitrogens with zero attached hydrogens (tertiary/aromatic N) is 1. The number of benzene rings is 1. The number of carbonyl (C=O) groups is 2. The number of carbonyl (C=O) groups excluding carboxylic acids is 2. The second kappa shape index (κ2) is 6.27. The maximum absolute atomic E-state index is 12.8. The minimum Gasteiger partial charge on any atom is -0.368 e. The van der Waals surface area contributed by atoms with E-state index >= 15 is 0 Å². The Kier molecular flexibility index (Phi) is 4.22. The van der Waals surface area contributed by atoms with E-state index in [1.165, 1.54) is 0 Å². The molecule has 3 heterocycles. The lowest BCUT2D eigenvalue weighted by molar-refractivity contribution is -0.138. The van der Waals surface area contributed by atoms with Crippen LogP contribution in [0.3, 0.4) is 0 Å². The molecule has 3 aliphatic rings. The zero-order valence-corrected chi connectivity index (χ0v) is 14.7. The summed E-state index contributed by atoms with van der Waals surface area (Å²) in [7, 11) is 0. The SMILES string of the molecule is NCCN1C[C@]23CCC(O2)C(C(=O)NCc2ccc(Cl)cc2)C3C1=O. The molecule has 7 heteroatoms. The highest BCUT2D eigenvalue weighted by atomic mass is 35.5. The molecule has 2 amide bonds. The minimum atomic E-state index is -0.487. The van der Waals surface area contributed by atoms with Gasteiger partial charge in [-0.15, -0.1) is 0 Å². The number of rotatable bonds is 5. The average Bonchev–Trinajstić information content (AvgIpc) is 3.23. The van der Waals surface area contributed by atoms with E-state index in [4.69, 9.17) is 22.1 Å². The summed E-state index contributed by atoms with van der Waals surface area (Å²) in [6.07, 6.45) is 1.52. The zero-order chi connectivity index (χ0) is 17.6. The molecule has 0 saturated carbocycles. The first-order valence-electron chi connectivity index (χ1n) is 8.73. The van der Waals surface area contributed by atoms with Crippen molar-refractivity contribution >= 4 is 23.4 Å². The summed E-state index contributed by atoms with van der Waals surface area (Å²) in [4.78, 5) is 27.4. The van der Waals surface area contributed by atoms with Crippen molar-refractivity contribution in [3.63, 3.8) is 0 Å². The quantitative estimate of drug-likeness (QED) is 0.814. The Morgan fingerprint density at radius 3 is 2.88 bits per heavy atom. The molecule has 25 heavy (non-hydrogen) atoms. The number of fused-ring (bicyclic) bond motifs is 1. The topological polar surface area (TPSA) is 84.7 Å². The van der Waals surface area contributed by atoms with Crippen molar-refractivity contribution in [3.05, 3.63) is 34.9 Å². The number of hydrogen-bond acceptors (Lipinski definition) is 4. The van der Waals surface area contributed by atoms with Gasteiger partial charge in [0.05, 0.1) is 30.1 Å². The number of amides is 2. The highest BCUT2D eigenvalue weighted by Gasteiger charge is 2.68. The second-order valence-electron chi connectivity index (χ2n) is 7.16. The molecule has 3 N–H and O–H groups in total. The molecule has 134 valence electrons. The van der Waals surface area contributed by atoms with E-state index in [2.05, 4.69) is 5.32 Å². The molecule has 4 atom stereocenters. The third-order valence-corrected chi connectivity index (χ3v) is 5.93. The fraction of sp³-hybridized carbons (Fsp3) is 0.556. The van der Waals surface area contributed by atoms with Gasteiger partial charge in [-0.3, -0.25) is 9.59 Å². The molecule has 1 spiro atoms. The predicted octanol–water partition coefficient (Wildman–Crippen LogP) is 0.921. The Morgan fingerprint density at radius 2 is 2.16 bits per heavy atom. The lowest BCUT2D eigenvalue weighted by atomic mass is 9.73. The lowest BCUT2D eigenvalue weighted by Crippen LogP contribution is -2.45. The van der Waals surface area contributed by atoms with Crippen LogP contribution in [0.15, 0.2) is 24.3 Å². The van der Waals surface area contributed by atoms with Crippen molar-refractivity contribution in [2.45, 2.75) is 31.1 Å². The molecule has 3 unspecified atom stereocenters. The largest absolute Gasteiger partial charge is 0.368 e. The highest BCUT2D eigenvalue weighted by Crippen LogP contribution is 2.55. The van der Waals surface area contributed by atoms with E-state index in [1.807, 2.05) is 12.1 Å². The first-order chi connectivity index (χ1) is 12.0. The van der Waals surface area contributed by atoms with Crippen LogP contribution in [0, 0.1) is 11.8 Å². The number of nitrogens with two attached hydrogens (primary N) is 1. The molecule has 0 aliphatic carbocycles. The monoisotopic (exact) mass is 363 g/mol. The normalized spacial score (nSPS) is 33.0. The van der Waals surface area contributed by atoms with Crippen molar-refractivity contribution < 1.29 is 14.3 Å². The van der Waals surface area contributed by atoms with Crippen LogP contribution in [0.5, 0.6) is 0 Å². The Bertz CT molecular complexity index is 695. The molecule has 3 fully saturated rings. The van der Waals surface area contributed by atoms with Crippen LogP contribution in [0.4, 0.5) is 0 Å². The van der Waals surface area contributed by atoms with Crippen LogP contribution in [0.25, 0.3) is 0 Å². The molecule has 3 aliphatic heterocycles. The first kappa shape index (κ1) is 16.8. The molecule has 1 aromatic rings. The molecule has 0 aromatic heterocycles. The summed E-state index contributed by atoms with van der Waals surface area (Å²) in [6.45, 7) is 1.92. The van der Waals surface area contributed by atoms with Gasteiger partial charge in [0.2, 0.25) is 11.8 Å². The van der Waals surface area contributed by atoms with E-state index in [0.29, 0.717) is 31.2 Å². The summed E-state index contributed by atoms with van der Waals surface area (Å²) in [5.74, 6) is -0.867. The molecule has 0 radical (unpaired) electrons. The van der Waals surface area contributed by atoms with Gasteiger partial charge in [0.15, 0.2) is 0 Å². The molecule has 2 bridgehead atoms. The molecule has 4 rings (SSSR count). The van der Waals surface area contributed by atoms with E-state index < -0.39 is 11.5 Å². The van der Waals surface area contributed by atoms with Crippen LogP contribution in [0.2, 0.25) is 5.02 Å². The number of halogens is 1. The predicted molar refractivity (Wildman–Crippen MR) is 92.8 cm³/mol. The number of likely N-dealkylation sites (tertiary alicyclic amines) is 1. The molecular weight excluding hydrogens is 342 g/mol. The average molecular weight is 364 g/mol. The molecule has 1 aromatic carbocycles. The Balaban J connectivity index is 1.47. The fourth-order valence-electron chi connectivity index (χ4n) is 4.60. The minimum absolute atomic E-state index is 0.0132. The molecule has 6 nitrogen and oxygen atoms in total. The Morgan fingerprint density at radius 1 is 1.40 bits per heavy atom. The van der Waals surface area contributed by atoms with Crippen LogP contribution in [-0.4, -0.2) is 48.1 Å². The van der Waals surface area contributed by atoms with Gasteiger partial charge in [-0.2, -0.15) is 0 Å². The van der Waals surface area contributed by atoms with Gasteiger partial charge < -0.3 is 20.7 Å². The van der Waals surface area contributed by atoms with Crippen LogP contribution < -0.4 is 11.1 Å². The van der Waals surface area contributed by atoms with Gasteiger partial charge in [-0.25, -0.2) is 0 Å². The standard InChI is InChI=1S/C18H22ClN3O3/c19-12-3-1-11(2-4-12)9-21-16(23)14-13-5-6-18(25-13)10-22(8-7-20)17(24)15(14)18/h1-4,13-15H,5-10,20H2,(H,21,23)/t13?,14?,15?,18-/m0/s1. The Hall–Kier alpha value is -1.63. The van der Waals surface area contributed by atoms with Crippen molar-refractivity contribution in [1.29, 1.82) is 0 Å². The van der Waals surface area contributed by atoms with E-state index in [-0.39, 0.29) is 23.8 Å². The highest BCUT2D eigenvalue weighted by molar-refractivity contribution is 6.30. The summed E-state index contributed by atoms with van der Waals surface area (Å²) < 4.78 is 6.15. The first-order valence-corrected chi connectivity index (χ1v) is 9.11. The van der Waals surface area contributed by atoms with Crippen molar-refractivity contribution in [3.8, 4) is 0 Å². The van der Waals surface area contributed by atoms with Gasteiger partial charge in [-0.1, -0.05) is 23.7 Å². The number of ether oxygens (including phenoxy) is 1. The van der Waals surface area contributed by atoms with Gasteiger partial charge >= 0.3 is 0 Å². The molecular formula is C18H22ClN3O3. The lowest BCUT2D eigenvalue weighted by Gasteiger charge is -2.27. The van der Waals surface area contributed by atoms with Crippen LogP contribution >= 0.6 is 11.6 Å². The zero-order valence-electron chi connectivity index (χ0n) is 13.9. The summed E-state index contributed by atoms with van der Waals surface area (Å²) in [5.41, 5.74) is 6.09. The molecule has 3 saturated heterocycles. The maximum atomic E-state index is 12.8. The van der Waals surface area contributed by atoms with E-state index in [0.717, 1.165) is 18.4 Å². The Labute approximate surface area is 151 Å². The van der Waals surface area contributed by atoms with Gasteiger partial charge in [0, 0.05) is 24.7 Å². The smallest absolute Gasteiger partial charge is 0.229 e. The number of nitrogens with one attached hydrogen (secondary N) is 1. The summed E-state index contributed by atoms with van der Waals surface area (Å²) >= 11 is 5.88. The number of hydrogen-bond donors (Lipinski definition) is 2. The summed E-state index contributed by atoms with van der Waals surface area (Å²) in [5, 5.41) is 3.63. The van der Waals surface area contributed by atoms with Crippen LogP contribution in [-0.2, 0) is 20.9 Å². The van der Waals surface area contributed by atoms with Gasteiger partial charge in [-0.05, 0) is 30.5 Å².